The van der Waals surface area contributed by atoms with E-state index in [1.807, 2.05) is 19.1 Å². The van der Waals surface area contributed by atoms with Crippen LogP contribution in [0.2, 0.25) is 0 Å². The Morgan fingerprint density at radius 1 is 1.00 bits per heavy atom. The van der Waals surface area contributed by atoms with Gasteiger partial charge in [0.25, 0.3) is 5.91 Å². The van der Waals surface area contributed by atoms with Gasteiger partial charge in [0.05, 0.1) is 5.69 Å². The van der Waals surface area contributed by atoms with Crippen molar-refractivity contribution in [3.05, 3.63) is 70.8 Å². The van der Waals surface area contributed by atoms with Gasteiger partial charge in [0.1, 0.15) is 23.1 Å². The maximum atomic E-state index is 15.2. The third kappa shape index (κ3) is 6.44. The number of aromatic nitrogens is 2. The minimum Gasteiger partial charge on any atom is -0.369 e. The maximum absolute atomic E-state index is 15.2. The topological polar surface area (TPSA) is 102 Å². The van der Waals surface area contributed by atoms with Gasteiger partial charge in [-0.15, -0.1) is 0 Å². The van der Waals surface area contributed by atoms with Gasteiger partial charge >= 0.3 is 0 Å². The van der Waals surface area contributed by atoms with Crippen LogP contribution in [0.5, 0.6) is 0 Å². The summed E-state index contributed by atoms with van der Waals surface area (Å²) in [4.78, 5) is 24.2. The van der Waals surface area contributed by atoms with Crippen LogP contribution in [0, 0.1) is 18.6 Å². The number of hydrogen-bond donors (Lipinski definition) is 4. The second-order valence-corrected chi connectivity index (χ2v) is 14.0. The molecule has 1 saturated carbocycles. The minimum atomic E-state index is -1.37. The van der Waals surface area contributed by atoms with Crippen molar-refractivity contribution in [1.82, 2.24) is 20.6 Å². The van der Waals surface area contributed by atoms with E-state index in [0.717, 1.165) is 56.2 Å². The predicted octanol–water partition coefficient (Wildman–Crippen LogP) is 6.61. The molecule has 1 aromatic heterocycles. The van der Waals surface area contributed by atoms with Crippen LogP contribution in [-0.2, 0) is 0 Å². The first-order valence-electron chi connectivity index (χ1n) is 15.8. The molecule has 1 atom stereocenters. The first-order valence-corrected chi connectivity index (χ1v) is 15.8. The van der Waals surface area contributed by atoms with Gasteiger partial charge in [-0.05, 0) is 102 Å². The van der Waals surface area contributed by atoms with Crippen molar-refractivity contribution >= 4 is 29.4 Å². The predicted molar refractivity (Wildman–Crippen MR) is 173 cm³/mol. The Kier molecular flexibility index (Phi) is 8.16. The third-order valence-corrected chi connectivity index (χ3v) is 9.00. The van der Waals surface area contributed by atoms with Crippen molar-refractivity contribution in [3.63, 3.8) is 0 Å². The highest BCUT2D eigenvalue weighted by Gasteiger charge is 2.39. The summed E-state index contributed by atoms with van der Waals surface area (Å²) in [5.74, 6) is -1.37. The molecule has 4 N–H and O–H groups in total. The van der Waals surface area contributed by atoms with Crippen LogP contribution in [-0.4, -0.2) is 50.4 Å². The number of carbonyl (C=O) groups excluding carboxylic acids is 1. The van der Waals surface area contributed by atoms with E-state index in [9.17, 15) is 9.90 Å². The Bertz CT molecular complexity index is 1610. The molecule has 1 amide bonds. The lowest BCUT2D eigenvalue weighted by Gasteiger charge is -2.46. The van der Waals surface area contributed by atoms with Gasteiger partial charge in [-0.1, -0.05) is 25.0 Å². The van der Waals surface area contributed by atoms with Gasteiger partial charge in [-0.3, -0.25) is 9.69 Å². The molecule has 1 aliphatic carbocycles. The lowest BCUT2D eigenvalue weighted by molar-refractivity contribution is 0.0938. The van der Waals surface area contributed by atoms with E-state index in [0.29, 0.717) is 22.4 Å². The minimum absolute atomic E-state index is 0.00512. The number of piperidine rings is 1. The van der Waals surface area contributed by atoms with Crippen LogP contribution >= 0.6 is 0 Å². The number of nitrogens with one attached hydrogen (secondary N) is 3. The molecule has 2 aliphatic heterocycles. The Labute approximate surface area is 263 Å². The number of nitrogens with zero attached hydrogens (tertiary/aromatic N) is 3. The molecule has 1 saturated heterocycles. The molecule has 2 fully saturated rings. The highest BCUT2D eigenvalue weighted by Crippen LogP contribution is 2.42. The lowest BCUT2D eigenvalue weighted by Crippen LogP contribution is -2.60. The quantitative estimate of drug-likeness (QED) is 0.247. The highest BCUT2D eigenvalue weighted by atomic mass is 19.1. The van der Waals surface area contributed by atoms with Crippen LogP contribution in [0.1, 0.15) is 87.7 Å². The zero-order chi connectivity index (χ0) is 32.1. The number of rotatable bonds is 6. The second-order valence-electron chi connectivity index (χ2n) is 14.0. The van der Waals surface area contributed by atoms with E-state index in [-0.39, 0.29) is 40.8 Å². The normalized spacial score (nSPS) is 21.1. The number of aliphatic hydroxyl groups excluding tert-OH is 1. The summed E-state index contributed by atoms with van der Waals surface area (Å²) in [6, 6.07) is 9.25. The van der Waals surface area contributed by atoms with Crippen LogP contribution in [0.3, 0.4) is 0 Å². The van der Waals surface area contributed by atoms with Crippen molar-refractivity contribution in [1.29, 1.82) is 0 Å². The molecule has 2 aromatic carbocycles. The van der Waals surface area contributed by atoms with Crippen LogP contribution in [0.15, 0.2) is 42.5 Å². The Morgan fingerprint density at radius 3 is 2.33 bits per heavy atom. The molecule has 0 bridgehead atoms. The van der Waals surface area contributed by atoms with Crippen molar-refractivity contribution < 1.29 is 18.7 Å². The number of para-hydroxylation sites is 1. The van der Waals surface area contributed by atoms with E-state index >= 15 is 8.78 Å². The average molecular weight is 617 g/mol. The second kappa shape index (κ2) is 11.8. The van der Waals surface area contributed by atoms with Gasteiger partial charge in [0, 0.05) is 39.9 Å². The van der Waals surface area contributed by atoms with Crippen LogP contribution in [0.4, 0.5) is 26.2 Å². The molecule has 45 heavy (non-hydrogen) atoms. The molecule has 1 unspecified atom stereocenters. The summed E-state index contributed by atoms with van der Waals surface area (Å²) >= 11 is 0. The van der Waals surface area contributed by atoms with Crippen LogP contribution in [0.25, 0.3) is 17.3 Å². The summed E-state index contributed by atoms with van der Waals surface area (Å²) in [5, 5.41) is 21.4. The number of carbonyl (C=O) groups is 1. The van der Waals surface area contributed by atoms with Crippen LogP contribution < -0.4 is 20.9 Å². The van der Waals surface area contributed by atoms with Gasteiger partial charge < -0.3 is 21.1 Å². The van der Waals surface area contributed by atoms with Crippen molar-refractivity contribution in [2.75, 3.05) is 10.2 Å². The monoisotopic (exact) mass is 616 g/mol. The molecule has 0 radical (unpaired) electrons. The molecule has 3 heterocycles. The van der Waals surface area contributed by atoms with Crippen molar-refractivity contribution in [3.8, 4) is 11.3 Å². The third-order valence-electron chi connectivity index (χ3n) is 9.00. The van der Waals surface area contributed by atoms with Gasteiger partial charge in [-0.2, -0.15) is 4.98 Å². The Hall–Kier alpha value is -3.89. The van der Waals surface area contributed by atoms with Crippen molar-refractivity contribution in [2.24, 2.45) is 0 Å². The lowest BCUT2D eigenvalue weighted by atomic mass is 9.80. The summed E-state index contributed by atoms with van der Waals surface area (Å²) in [6.45, 7) is 10.5. The summed E-state index contributed by atoms with van der Waals surface area (Å²) < 4.78 is 30.4. The largest absolute Gasteiger partial charge is 0.369 e. The van der Waals surface area contributed by atoms with E-state index in [1.165, 1.54) is 17.0 Å². The first kappa shape index (κ1) is 31.1. The summed E-state index contributed by atoms with van der Waals surface area (Å²) in [7, 11) is 0. The average Bonchev–Trinajstić information content (AvgIpc) is 3.45. The molecular weight excluding hydrogens is 574 g/mol. The number of anilines is 3. The standard InChI is InChI=1S/C35H42F2N6O2/c1-20-13-14-21(32(45)38-22-9-6-7-10-22)17-25(20)29-24-15-16-28(44)43(30-26(36)11-8-12-27(30)37)31(24)41-33(40-29)39-23-18-34(2,3)42-35(4,5)19-23/h8,11-17,22-23,28,42,44H,6-7,9-10,18-19H2,1-5H3,(H,38,45)(H,39,40,41). The molecule has 6 rings (SSSR count). The highest BCUT2D eigenvalue weighted by molar-refractivity contribution is 5.96. The zero-order valence-electron chi connectivity index (χ0n) is 26.5. The smallest absolute Gasteiger partial charge is 0.251 e. The molecular formula is C35H42F2N6O2. The van der Waals surface area contributed by atoms with Gasteiger partial charge in [-0.25, -0.2) is 13.8 Å². The van der Waals surface area contributed by atoms with E-state index in [4.69, 9.17) is 9.97 Å². The number of fused-ring (bicyclic) bond motifs is 1. The van der Waals surface area contributed by atoms with E-state index < -0.39 is 23.5 Å². The molecule has 3 aromatic rings. The Balaban J connectivity index is 1.49. The number of hydrogen-bond acceptors (Lipinski definition) is 7. The fourth-order valence-corrected chi connectivity index (χ4v) is 7.38. The fraction of sp³-hybridized carbons (Fsp3) is 0.457. The Morgan fingerprint density at radius 2 is 1.67 bits per heavy atom. The number of halogens is 2. The molecule has 8 nitrogen and oxygen atoms in total. The number of amides is 1. The van der Waals surface area contributed by atoms with Gasteiger partial charge in [0.15, 0.2) is 6.23 Å². The maximum Gasteiger partial charge on any atom is 0.251 e. The zero-order valence-corrected chi connectivity index (χ0v) is 26.5. The molecule has 0 spiro atoms. The molecule has 3 aliphatic rings. The fourth-order valence-electron chi connectivity index (χ4n) is 7.38. The van der Waals surface area contributed by atoms with Gasteiger partial charge in [0.2, 0.25) is 5.95 Å². The summed E-state index contributed by atoms with van der Waals surface area (Å²) in [6.07, 6.45) is 7.49. The summed E-state index contributed by atoms with van der Waals surface area (Å²) in [5.41, 5.74) is 2.32. The number of benzene rings is 2. The number of aliphatic hydroxyl groups is 1. The SMILES string of the molecule is Cc1ccc(C(=O)NC2CCCC2)cc1-c1nc(NC2CC(C)(C)NC(C)(C)C2)nc2c1C=CC(O)N2c1c(F)cccc1F. The molecule has 10 heteroatoms. The van der Waals surface area contributed by atoms with E-state index in [1.54, 1.807) is 12.1 Å². The van der Waals surface area contributed by atoms with Crippen molar-refractivity contribution in [2.45, 2.75) is 103 Å². The number of aryl methyl sites for hydroxylation is 1. The first-order chi connectivity index (χ1) is 21.3. The van der Waals surface area contributed by atoms with E-state index in [2.05, 4.69) is 43.6 Å². The molecule has 238 valence electrons.